The minimum absolute atomic E-state index is 0.0336. The highest BCUT2D eigenvalue weighted by Gasteiger charge is 2.31. The van der Waals surface area contributed by atoms with Gasteiger partial charge in [-0.25, -0.2) is 0 Å². The minimum Gasteiger partial charge on any atom is -0.365 e. The number of hydrogen-bond acceptors (Lipinski definition) is 5. The summed E-state index contributed by atoms with van der Waals surface area (Å²) < 4.78 is 1.79. The maximum absolute atomic E-state index is 12.1. The molecule has 2 aliphatic carbocycles. The molecule has 2 fully saturated rings. The number of hydrogen-bond donors (Lipinski definition) is 3. The van der Waals surface area contributed by atoms with Crippen LogP contribution < -0.4 is 16.4 Å². The van der Waals surface area contributed by atoms with Crippen LogP contribution in [0.5, 0.6) is 0 Å². The number of nitriles is 1. The fourth-order valence-corrected chi connectivity index (χ4v) is 3.97. The van der Waals surface area contributed by atoms with E-state index in [4.69, 9.17) is 11.0 Å². The van der Waals surface area contributed by atoms with E-state index < -0.39 is 5.91 Å². The summed E-state index contributed by atoms with van der Waals surface area (Å²) in [5, 5.41) is 19.8. The Morgan fingerprint density at radius 3 is 2.63 bits per heavy atom. The lowest BCUT2D eigenvalue weighted by molar-refractivity contribution is -0.117. The fourth-order valence-electron chi connectivity index (χ4n) is 3.97. The topological polar surface area (TPSA) is 126 Å². The molecule has 0 atom stereocenters. The van der Waals surface area contributed by atoms with Crippen LogP contribution >= 0.6 is 0 Å². The average Bonchev–Trinajstić information content (AvgIpc) is 3.53. The molecule has 0 spiro atoms. The number of anilines is 1. The number of nitrogens with zero attached hydrogens (tertiary/aromatic N) is 3. The van der Waals surface area contributed by atoms with E-state index in [1.165, 1.54) is 0 Å². The van der Waals surface area contributed by atoms with Gasteiger partial charge in [-0.3, -0.25) is 14.3 Å². The van der Waals surface area contributed by atoms with Crippen molar-refractivity contribution in [3.05, 3.63) is 47.2 Å². The van der Waals surface area contributed by atoms with E-state index in [0.717, 1.165) is 50.6 Å². The molecule has 2 saturated carbocycles. The lowest BCUT2D eigenvalue weighted by atomic mass is 9.91. The van der Waals surface area contributed by atoms with Crippen molar-refractivity contribution in [1.82, 2.24) is 15.1 Å². The molecule has 8 nitrogen and oxygen atoms in total. The molecule has 156 valence electrons. The van der Waals surface area contributed by atoms with Gasteiger partial charge in [0.25, 0.3) is 5.91 Å². The van der Waals surface area contributed by atoms with E-state index >= 15 is 0 Å². The summed E-state index contributed by atoms with van der Waals surface area (Å²) in [5.74, 6) is -0.360. The largest absolute Gasteiger partial charge is 0.365 e. The summed E-state index contributed by atoms with van der Waals surface area (Å²) in [6.07, 6.45) is 7.25. The van der Waals surface area contributed by atoms with Crippen LogP contribution in [0.1, 0.15) is 66.1 Å². The quantitative estimate of drug-likeness (QED) is 0.651. The van der Waals surface area contributed by atoms with Gasteiger partial charge in [0.1, 0.15) is 5.56 Å². The predicted molar refractivity (Wildman–Crippen MR) is 111 cm³/mol. The highest BCUT2D eigenvalue weighted by Crippen LogP contribution is 2.32. The molecule has 1 heterocycles. The summed E-state index contributed by atoms with van der Waals surface area (Å²) in [5.41, 5.74) is 7.53. The van der Waals surface area contributed by atoms with Gasteiger partial charge in [0.2, 0.25) is 5.91 Å². The van der Waals surface area contributed by atoms with E-state index in [2.05, 4.69) is 21.8 Å². The Kier molecular flexibility index (Phi) is 5.81. The fraction of sp³-hybridized carbons (Fsp3) is 0.455. The van der Waals surface area contributed by atoms with Gasteiger partial charge in [0.05, 0.1) is 17.7 Å². The molecule has 1 aromatic heterocycles. The molecule has 0 radical (unpaired) electrons. The van der Waals surface area contributed by atoms with Gasteiger partial charge in [0.15, 0.2) is 5.82 Å². The van der Waals surface area contributed by atoms with Crippen molar-refractivity contribution in [1.29, 1.82) is 5.26 Å². The van der Waals surface area contributed by atoms with E-state index in [1.807, 2.05) is 18.2 Å². The maximum atomic E-state index is 12.1. The van der Waals surface area contributed by atoms with Gasteiger partial charge in [-0.15, -0.1) is 0 Å². The van der Waals surface area contributed by atoms with Crippen LogP contribution in [0.2, 0.25) is 0 Å². The van der Waals surface area contributed by atoms with Crippen LogP contribution in [0.25, 0.3) is 0 Å². The van der Waals surface area contributed by atoms with Gasteiger partial charge >= 0.3 is 0 Å². The Bertz CT molecular complexity index is 980. The van der Waals surface area contributed by atoms with Crippen molar-refractivity contribution < 1.29 is 9.59 Å². The second-order valence-corrected chi connectivity index (χ2v) is 8.20. The van der Waals surface area contributed by atoms with E-state index in [1.54, 1.807) is 16.9 Å². The molecule has 8 heteroatoms. The Morgan fingerprint density at radius 1 is 1.20 bits per heavy atom. The second kappa shape index (κ2) is 8.67. The third kappa shape index (κ3) is 4.69. The molecule has 4 N–H and O–H groups in total. The summed E-state index contributed by atoms with van der Waals surface area (Å²) in [7, 11) is 0. The van der Waals surface area contributed by atoms with Crippen LogP contribution in [-0.4, -0.2) is 27.6 Å². The molecule has 30 heavy (non-hydrogen) atoms. The lowest BCUT2D eigenvalue weighted by Gasteiger charge is -2.29. The van der Waals surface area contributed by atoms with E-state index in [0.29, 0.717) is 11.6 Å². The molecule has 4 rings (SSSR count). The van der Waals surface area contributed by atoms with Crippen molar-refractivity contribution in [3.8, 4) is 6.07 Å². The molecule has 2 aromatic rings. The lowest BCUT2D eigenvalue weighted by Crippen LogP contribution is -2.33. The van der Waals surface area contributed by atoms with E-state index in [9.17, 15) is 9.59 Å². The molecule has 1 aromatic carbocycles. The molecule has 0 saturated heterocycles. The van der Waals surface area contributed by atoms with Gasteiger partial charge in [-0.05, 0) is 56.2 Å². The van der Waals surface area contributed by atoms with Crippen LogP contribution in [0.15, 0.2) is 30.5 Å². The van der Waals surface area contributed by atoms with Gasteiger partial charge in [-0.1, -0.05) is 12.1 Å². The maximum Gasteiger partial charge on any atom is 0.254 e. The molecule has 0 aliphatic heterocycles. The van der Waals surface area contributed by atoms with Crippen molar-refractivity contribution in [2.24, 2.45) is 11.7 Å². The molecular weight excluding hydrogens is 380 g/mol. The Hall–Kier alpha value is -3.18. The first-order valence-electron chi connectivity index (χ1n) is 10.5. The van der Waals surface area contributed by atoms with Gasteiger partial charge in [-0.2, -0.15) is 10.4 Å². The number of carbonyl (C=O) groups excluding carboxylic acids is 2. The first-order chi connectivity index (χ1) is 14.5. The summed E-state index contributed by atoms with van der Waals surface area (Å²) in [4.78, 5) is 23.9. The van der Waals surface area contributed by atoms with Crippen LogP contribution in [0.3, 0.4) is 0 Å². The zero-order valence-corrected chi connectivity index (χ0v) is 16.8. The Morgan fingerprint density at radius 2 is 1.97 bits per heavy atom. The summed E-state index contributed by atoms with van der Waals surface area (Å²) >= 11 is 0. The van der Waals surface area contributed by atoms with Crippen molar-refractivity contribution in [3.63, 3.8) is 0 Å². The molecule has 2 amide bonds. The number of nitrogens with two attached hydrogens (primary N) is 1. The number of aromatic nitrogens is 2. The number of nitrogens with one attached hydrogen (secondary N) is 2. The van der Waals surface area contributed by atoms with Crippen LogP contribution in [0.4, 0.5) is 5.82 Å². The number of primary amides is 1. The van der Waals surface area contributed by atoms with E-state index in [-0.39, 0.29) is 29.2 Å². The molecule has 0 unspecified atom stereocenters. The third-order valence-electron chi connectivity index (χ3n) is 5.91. The average molecular weight is 406 g/mol. The number of carbonyl (C=O) groups is 2. The monoisotopic (exact) mass is 406 g/mol. The standard InChI is InChI=1S/C22H26N6O2/c23-11-14-2-1-3-15(10-14)12-25-17-6-8-18(9-7-17)28-13-19(20(24)29)21(27-28)26-22(30)16-4-5-16/h1-3,10,13,16-18,25H,4-9,12H2,(H2,24,29)(H,26,27,30)/t17-,18+. The van der Waals surface area contributed by atoms with Crippen molar-refractivity contribution >= 4 is 17.6 Å². The number of rotatable bonds is 7. The van der Waals surface area contributed by atoms with Crippen LogP contribution in [-0.2, 0) is 11.3 Å². The third-order valence-corrected chi connectivity index (χ3v) is 5.91. The van der Waals surface area contributed by atoms with Crippen LogP contribution in [0, 0.1) is 17.2 Å². The van der Waals surface area contributed by atoms with Crippen molar-refractivity contribution in [2.45, 2.75) is 57.2 Å². The van der Waals surface area contributed by atoms with Gasteiger partial charge < -0.3 is 16.4 Å². The summed E-state index contributed by atoms with van der Waals surface area (Å²) in [6, 6.07) is 10.4. The number of amides is 2. The Labute approximate surface area is 175 Å². The smallest absolute Gasteiger partial charge is 0.254 e. The zero-order valence-electron chi connectivity index (χ0n) is 16.8. The highest BCUT2D eigenvalue weighted by atomic mass is 16.2. The molecule has 2 aliphatic rings. The zero-order chi connectivity index (χ0) is 21.1. The van der Waals surface area contributed by atoms with Gasteiger partial charge in [0, 0.05) is 24.7 Å². The SMILES string of the molecule is N#Cc1cccc(CN[C@H]2CC[C@@H](n3cc(C(N)=O)c(NC(=O)C4CC4)n3)CC2)c1. The predicted octanol–water partition coefficient (Wildman–Crippen LogP) is 2.48. The normalized spacial score (nSPS) is 21.0. The first-order valence-corrected chi connectivity index (χ1v) is 10.5. The second-order valence-electron chi connectivity index (χ2n) is 8.20. The van der Waals surface area contributed by atoms with Crippen molar-refractivity contribution in [2.75, 3.05) is 5.32 Å². The molecule has 0 bridgehead atoms. The Balaban J connectivity index is 1.33. The number of benzene rings is 1. The molecular formula is C22H26N6O2. The minimum atomic E-state index is -0.581. The first kappa shape index (κ1) is 20.1. The highest BCUT2D eigenvalue weighted by molar-refractivity contribution is 6.02. The summed E-state index contributed by atoms with van der Waals surface area (Å²) in [6.45, 7) is 0.732.